The van der Waals surface area contributed by atoms with Crippen LogP contribution >= 0.6 is 11.6 Å². The molecule has 7 heteroatoms. The molecule has 6 nitrogen and oxygen atoms in total. The van der Waals surface area contributed by atoms with Gasteiger partial charge in [0.15, 0.2) is 0 Å². The lowest BCUT2D eigenvalue weighted by atomic mass is 9.76. The number of carbonyl (C=O) groups excluding carboxylic acids is 3. The lowest BCUT2D eigenvalue weighted by molar-refractivity contribution is -0.122. The van der Waals surface area contributed by atoms with E-state index in [9.17, 15) is 14.4 Å². The minimum atomic E-state index is -0.344. The molecular formula is C23H23ClN2O4. The van der Waals surface area contributed by atoms with Gasteiger partial charge >= 0.3 is 0 Å². The highest BCUT2D eigenvalue weighted by Crippen LogP contribution is 2.42. The van der Waals surface area contributed by atoms with Crippen LogP contribution in [0.4, 0.5) is 11.4 Å². The summed E-state index contributed by atoms with van der Waals surface area (Å²) in [5.41, 5.74) is 1.36. The number of benzene rings is 2. The van der Waals surface area contributed by atoms with Crippen molar-refractivity contribution < 1.29 is 19.1 Å². The molecule has 3 atom stereocenters. The van der Waals surface area contributed by atoms with E-state index < -0.39 is 0 Å². The highest BCUT2D eigenvalue weighted by Gasteiger charge is 2.49. The summed E-state index contributed by atoms with van der Waals surface area (Å²) in [5, 5.41) is 3.25. The van der Waals surface area contributed by atoms with Crippen LogP contribution in [0.5, 0.6) is 5.75 Å². The molecule has 2 aromatic carbocycles. The van der Waals surface area contributed by atoms with E-state index in [0.717, 1.165) is 19.3 Å². The van der Waals surface area contributed by atoms with E-state index in [1.807, 2.05) is 0 Å². The van der Waals surface area contributed by atoms with Crippen molar-refractivity contribution in [2.45, 2.75) is 26.2 Å². The largest absolute Gasteiger partial charge is 0.495 e. The maximum atomic E-state index is 12.9. The van der Waals surface area contributed by atoms with E-state index in [1.54, 1.807) is 42.5 Å². The van der Waals surface area contributed by atoms with Gasteiger partial charge in [0, 0.05) is 10.6 Å². The zero-order chi connectivity index (χ0) is 21.4. The fourth-order valence-corrected chi connectivity index (χ4v) is 4.55. The smallest absolute Gasteiger partial charge is 0.255 e. The Kier molecular flexibility index (Phi) is 5.52. The zero-order valence-corrected chi connectivity index (χ0v) is 17.6. The van der Waals surface area contributed by atoms with Crippen molar-refractivity contribution in [3.63, 3.8) is 0 Å². The lowest BCUT2D eigenvalue weighted by Crippen LogP contribution is -2.30. The van der Waals surface area contributed by atoms with Crippen molar-refractivity contribution in [3.8, 4) is 5.75 Å². The first-order valence-electron chi connectivity index (χ1n) is 10.0. The van der Waals surface area contributed by atoms with Crippen molar-refractivity contribution in [2.75, 3.05) is 17.3 Å². The maximum absolute atomic E-state index is 12.9. The van der Waals surface area contributed by atoms with E-state index in [0.29, 0.717) is 33.6 Å². The van der Waals surface area contributed by atoms with Crippen LogP contribution in [0.25, 0.3) is 0 Å². The zero-order valence-electron chi connectivity index (χ0n) is 16.9. The molecule has 1 heterocycles. The van der Waals surface area contributed by atoms with Crippen LogP contribution in [0.2, 0.25) is 5.02 Å². The van der Waals surface area contributed by atoms with Gasteiger partial charge in [-0.25, -0.2) is 0 Å². The van der Waals surface area contributed by atoms with Gasteiger partial charge < -0.3 is 10.1 Å². The Morgan fingerprint density at radius 3 is 2.47 bits per heavy atom. The number of ether oxygens (including phenoxy) is 1. The third-order valence-electron chi connectivity index (χ3n) is 5.99. The number of rotatable bonds is 4. The molecule has 2 aliphatic rings. The van der Waals surface area contributed by atoms with Crippen LogP contribution in [0, 0.1) is 17.8 Å². The second-order valence-corrected chi connectivity index (χ2v) is 8.43. The fourth-order valence-electron chi connectivity index (χ4n) is 4.38. The van der Waals surface area contributed by atoms with E-state index in [-0.39, 0.29) is 29.6 Å². The Morgan fingerprint density at radius 2 is 1.77 bits per heavy atom. The molecule has 0 radical (unpaired) electrons. The van der Waals surface area contributed by atoms with Gasteiger partial charge in [-0.2, -0.15) is 0 Å². The molecule has 1 saturated heterocycles. The second kappa shape index (κ2) is 8.11. The minimum absolute atomic E-state index is 0.127. The highest BCUT2D eigenvalue weighted by molar-refractivity contribution is 6.31. The molecule has 1 saturated carbocycles. The highest BCUT2D eigenvalue weighted by atomic mass is 35.5. The number of nitrogens with zero attached hydrogens (tertiary/aromatic N) is 1. The van der Waals surface area contributed by atoms with Crippen LogP contribution in [0.1, 0.15) is 36.5 Å². The number of imide groups is 1. The summed E-state index contributed by atoms with van der Waals surface area (Å²) in [6.07, 6.45) is 2.49. The average molecular weight is 427 g/mol. The fraction of sp³-hybridized carbons (Fsp3) is 0.348. The summed E-state index contributed by atoms with van der Waals surface area (Å²) in [5.74, 6) is -0.0858. The molecule has 0 unspecified atom stereocenters. The van der Waals surface area contributed by atoms with Gasteiger partial charge in [-0.15, -0.1) is 0 Å². The number of carbonyl (C=O) groups is 3. The minimum Gasteiger partial charge on any atom is -0.495 e. The average Bonchev–Trinajstić information content (AvgIpc) is 2.98. The Morgan fingerprint density at radius 1 is 1.07 bits per heavy atom. The first kappa shape index (κ1) is 20.4. The van der Waals surface area contributed by atoms with Crippen LogP contribution < -0.4 is 15.0 Å². The molecule has 1 aliphatic heterocycles. The third kappa shape index (κ3) is 3.67. The molecule has 0 spiro atoms. The van der Waals surface area contributed by atoms with Crippen LogP contribution in [0.15, 0.2) is 42.5 Å². The Hall–Kier alpha value is -2.86. The summed E-state index contributed by atoms with van der Waals surface area (Å²) in [7, 11) is 1.51. The molecule has 156 valence electrons. The van der Waals surface area contributed by atoms with Crippen molar-refractivity contribution >= 4 is 40.7 Å². The number of hydrogen-bond donors (Lipinski definition) is 1. The molecule has 0 aromatic heterocycles. The normalized spacial score (nSPS) is 23.3. The van der Waals surface area contributed by atoms with Crippen molar-refractivity contribution in [1.82, 2.24) is 0 Å². The number of fused-ring (bicyclic) bond motifs is 1. The maximum Gasteiger partial charge on any atom is 0.255 e. The van der Waals surface area contributed by atoms with Gasteiger partial charge in [0.1, 0.15) is 5.75 Å². The molecule has 0 bridgehead atoms. The number of hydrogen-bond acceptors (Lipinski definition) is 4. The second-order valence-electron chi connectivity index (χ2n) is 7.99. The number of halogens is 1. The molecule has 1 N–H and O–H groups in total. The lowest BCUT2D eigenvalue weighted by Gasteiger charge is -2.25. The summed E-state index contributed by atoms with van der Waals surface area (Å²) < 4.78 is 5.25. The van der Waals surface area contributed by atoms with Crippen LogP contribution in [-0.2, 0) is 9.59 Å². The van der Waals surface area contributed by atoms with Gasteiger partial charge in [0.05, 0.1) is 30.3 Å². The Bertz CT molecular complexity index is 1000. The van der Waals surface area contributed by atoms with E-state index in [2.05, 4.69) is 12.2 Å². The van der Waals surface area contributed by atoms with Gasteiger partial charge in [-0.1, -0.05) is 18.5 Å². The monoisotopic (exact) mass is 426 g/mol. The Balaban J connectivity index is 1.52. The van der Waals surface area contributed by atoms with E-state index in [4.69, 9.17) is 16.3 Å². The number of methoxy groups -OCH3 is 1. The summed E-state index contributed by atoms with van der Waals surface area (Å²) >= 11 is 6.01. The number of anilines is 2. The molecule has 2 fully saturated rings. The molecule has 1 aliphatic carbocycles. The molecule has 2 aromatic rings. The van der Waals surface area contributed by atoms with Crippen LogP contribution in [-0.4, -0.2) is 24.8 Å². The summed E-state index contributed by atoms with van der Waals surface area (Å²) in [6.45, 7) is 2.12. The number of nitrogens with one attached hydrogen (secondary N) is 1. The van der Waals surface area contributed by atoms with Gasteiger partial charge in [0.25, 0.3) is 5.91 Å². The predicted octanol–water partition coefficient (Wildman–Crippen LogP) is 4.53. The summed E-state index contributed by atoms with van der Waals surface area (Å²) in [4.78, 5) is 39.6. The van der Waals surface area contributed by atoms with Gasteiger partial charge in [0.2, 0.25) is 11.8 Å². The van der Waals surface area contributed by atoms with Gasteiger partial charge in [-0.3, -0.25) is 19.3 Å². The number of amides is 3. The molecule has 3 amide bonds. The summed E-state index contributed by atoms with van der Waals surface area (Å²) in [6, 6.07) is 11.4. The Labute approximate surface area is 180 Å². The predicted molar refractivity (Wildman–Crippen MR) is 115 cm³/mol. The van der Waals surface area contributed by atoms with Crippen LogP contribution in [0.3, 0.4) is 0 Å². The van der Waals surface area contributed by atoms with E-state index >= 15 is 0 Å². The third-order valence-corrected chi connectivity index (χ3v) is 6.22. The molecular weight excluding hydrogens is 404 g/mol. The topological polar surface area (TPSA) is 75.7 Å². The first-order chi connectivity index (χ1) is 14.4. The van der Waals surface area contributed by atoms with E-state index in [1.165, 1.54) is 12.0 Å². The van der Waals surface area contributed by atoms with Crippen molar-refractivity contribution in [2.24, 2.45) is 17.8 Å². The van der Waals surface area contributed by atoms with Crippen molar-refractivity contribution in [1.29, 1.82) is 0 Å². The van der Waals surface area contributed by atoms with Crippen molar-refractivity contribution in [3.05, 3.63) is 53.1 Å². The van der Waals surface area contributed by atoms with Gasteiger partial charge in [-0.05, 0) is 67.6 Å². The SMILES string of the molecule is COc1ccc(Cl)cc1NC(=O)c1ccc(N2C(=O)[C@@H]3CC[C@H](C)C[C@H]3C2=O)cc1. The first-order valence-corrected chi connectivity index (χ1v) is 10.4. The standard InChI is InChI=1S/C23H23ClN2O4/c1-13-3-9-17-18(11-13)23(29)26(22(17)28)16-7-4-14(5-8-16)21(27)25-19-12-15(24)6-10-20(19)30-2/h4-8,10,12-13,17-18H,3,9,11H2,1-2H3,(H,25,27)/t13-,17+,18+/m0/s1. The molecule has 4 rings (SSSR count). The molecule has 30 heavy (non-hydrogen) atoms. The quantitative estimate of drug-likeness (QED) is 0.729.